The molecule has 0 aliphatic rings. The monoisotopic (exact) mass is 468 g/mol. The average molecular weight is 469 g/mol. The summed E-state index contributed by atoms with van der Waals surface area (Å²) in [6.45, 7) is 18.5. The zero-order valence-corrected chi connectivity index (χ0v) is 22.1. The van der Waals surface area contributed by atoms with Crippen molar-refractivity contribution in [3.8, 4) is 11.5 Å². The molecule has 0 radical (unpaired) electrons. The fraction of sp³-hybridized carbons (Fsp3) is 0.500. The largest absolute Gasteiger partial charge is 0.483 e. The molecule has 0 spiro atoms. The number of hydrogen-bond acceptors (Lipinski definition) is 4. The number of nitrogens with one attached hydrogen (secondary N) is 2. The average Bonchev–Trinajstić information content (AvgIpc) is 2.73. The van der Waals surface area contributed by atoms with Gasteiger partial charge in [0.25, 0.3) is 11.8 Å². The number of rotatable bonds is 7. The van der Waals surface area contributed by atoms with E-state index < -0.39 is 11.8 Å². The van der Waals surface area contributed by atoms with Gasteiger partial charge in [-0.15, -0.1) is 0 Å². The second kappa shape index (κ2) is 10.9. The summed E-state index contributed by atoms with van der Waals surface area (Å²) in [5.74, 6) is 0.700. The summed E-state index contributed by atoms with van der Waals surface area (Å²) in [4.78, 5) is 24.5. The number of hydrogen-bond donors (Lipinski definition) is 2. The van der Waals surface area contributed by atoms with Gasteiger partial charge in [0.2, 0.25) is 0 Å². The molecule has 0 saturated heterocycles. The molecule has 0 heterocycles. The van der Waals surface area contributed by atoms with Crippen molar-refractivity contribution >= 4 is 11.8 Å². The van der Waals surface area contributed by atoms with Gasteiger partial charge in [0.15, 0.2) is 13.2 Å². The number of carbonyl (C=O) groups is 2. The molecular weight excluding hydrogens is 428 g/mol. The lowest BCUT2D eigenvalue weighted by atomic mass is 9.80. The van der Waals surface area contributed by atoms with Gasteiger partial charge in [0.05, 0.1) is 0 Å². The lowest BCUT2D eigenvalue weighted by molar-refractivity contribution is -0.131. The van der Waals surface area contributed by atoms with Crippen molar-refractivity contribution in [1.82, 2.24) is 10.9 Å². The molecular formula is C28H40N2O4. The van der Waals surface area contributed by atoms with E-state index in [9.17, 15) is 9.59 Å². The summed E-state index contributed by atoms with van der Waals surface area (Å²) < 4.78 is 11.5. The smallest absolute Gasteiger partial charge is 0.276 e. The van der Waals surface area contributed by atoms with Crippen LogP contribution in [-0.4, -0.2) is 25.0 Å². The molecule has 6 nitrogen and oxygen atoms in total. The van der Waals surface area contributed by atoms with E-state index in [1.165, 1.54) is 5.56 Å². The molecule has 0 fully saturated rings. The Morgan fingerprint density at radius 3 is 1.85 bits per heavy atom. The zero-order chi connectivity index (χ0) is 25.7. The first-order chi connectivity index (χ1) is 15.7. The third-order valence-corrected chi connectivity index (χ3v) is 5.50. The first-order valence-corrected chi connectivity index (χ1v) is 11.8. The van der Waals surface area contributed by atoms with Crippen LogP contribution in [0.15, 0.2) is 36.4 Å². The minimum absolute atomic E-state index is 0.0106. The molecule has 186 valence electrons. The van der Waals surface area contributed by atoms with Gasteiger partial charge >= 0.3 is 0 Å². The Morgan fingerprint density at radius 2 is 1.35 bits per heavy atom. The Balaban J connectivity index is 1.92. The van der Waals surface area contributed by atoms with Crippen LogP contribution in [0.5, 0.6) is 11.5 Å². The van der Waals surface area contributed by atoms with Crippen LogP contribution >= 0.6 is 0 Å². The second-order valence-electron chi connectivity index (χ2n) is 11.1. The maximum absolute atomic E-state index is 12.3. The van der Waals surface area contributed by atoms with Gasteiger partial charge in [0.1, 0.15) is 11.5 Å². The van der Waals surface area contributed by atoms with Crippen LogP contribution < -0.4 is 20.3 Å². The van der Waals surface area contributed by atoms with E-state index in [0.29, 0.717) is 11.5 Å². The molecule has 2 N–H and O–H groups in total. The summed E-state index contributed by atoms with van der Waals surface area (Å²) in [6, 6.07) is 12.0. The molecule has 0 aromatic heterocycles. The molecule has 0 aliphatic heterocycles. The fourth-order valence-corrected chi connectivity index (χ4v) is 3.45. The van der Waals surface area contributed by atoms with Crippen molar-refractivity contribution in [2.24, 2.45) is 0 Å². The van der Waals surface area contributed by atoms with Crippen molar-refractivity contribution < 1.29 is 19.1 Å². The maximum Gasteiger partial charge on any atom is 0.276 e. The standard InChI is InChI=1S/C28H40N2O4/c1-18(2)21-12-10-19(3)14-24(21)34-17-26(32)30-29-25(31)16-33-23-13-11-20(27(4,5)6)15-22(23)28(7,8)9/h10-15,18H,16-17H2,1-9H3,(H,29,31)(H,30,32). The van der Waals surface area contributed by atoms with Gasteiger partial charge in [-0.2, -0.15) is 0 Å². The van der Waals surface area contributed by atoms with E-state index >= 15 is 0 Å². The molecule has 2 amide bonds. The van der Waals surface area contributed by atoms with E-state index in [1.54, 1.807) is 0 Å². The topological polar surface area (TPSA) is 76.7 Å². The maximum atomic E-state index is 12.3. The van der Waals surface area contributed by atoms with Crippen molar-refractivity contribution in [3.63, 3.8) is 0 Å². The van der Waals surface area contributed by atoms with Crippen molar-refractivity contribution in [1.29, 1.82) is 0 Å². The summed E-state index contributed by atoms with van der Waals surface area (Å²) >= 11 is 0. The molecule has 0 unspecified atom stereocenters. The lowest BCUT2D eigenvalue weighted by Crippen LogP contribution is -2.45. The second-order valence-corrected chi connectivity index (χ2v) is 11.1. The van der Waals surface area contributed by atoms with Crippen molar-refractivity contribution in [3.05, 3.63) is 58.7 Å². The highest BCUT2D eigenvalue weighted by molar-refractivity contribution is 5.83. The van der Waals surface area contributed by atoms with Crippen LogP contribution in [-0.2, 0) is 20.4 Å². The van der Waals surface area contributed by atoms with E-state index in [1.807, 2.05) is 37.3 Å². The summed E-state index contributed by atoms with van der Waals surface area (Å²) in [7, 11) is 0. The van der Waals surface area contributed by atoms with Crippen LogP contribution in [0.1, 0.15) is 83.6 Å². The molecule has 0 atom stereocenters. The number of benzene rings is 2. The summed E-state index contributed by atoms with van der Waals surface area (Å²) in [5.41, 5.74) is 8.95. The Bertz CT molecular complexity index is 1010. The van der Waals surface area contributed by atoms with Crippen molar-refractivity contribution in [2.75, 3.05) is 13.2 Å². The zero-order valence-electron chi connectivity index (χ0n) is 22.1. The van der Waals surface area contributed by atoms with E-state index in [2.05, 4.69) is 72.3 Å². The van der Waals surface area contributed by atoms with Gasteiger partial charge in [-0.3, -0.25) is 20.4 Å². The number of ether oxygens (including phenoxy) is 2. The summed E-state index contributed by atoms with van der Waals surface area (Å²) in [5, 5.41) is 0. The number of aryl methyl sites for hydroxylation is 1. The van der Waals surface area contributed by atoms with Crippen LogP contribution in [0.4, 0.5) is 0 Å². The van der Waals surface area contributed by atoms with Crippen LogP contribution in [0.3, 0.4) is 0 Å². The summed E-state index contributed by atoms with van der Waals surface area (Å²) in [6.07, 6.45) is 0. The first kappa shape index (κ1) is 27.2. The fourth-order valence-electron chi connectivity index (χ4n) is 3.45. The van der Waals surface area contributed by atoms with Gasteiger partial charge in [-0.05, 0) is 58.1 Å². The van der Waals surface area contributed by atoms with Crippen LogP contribution in [0.25, 0.3) is 0 Å². The number of carbonyl (C=O) groups excluding carboxylic acids is 2. The predicted molar refractivity (Wildman–Crippen MR) is 136 cm³/mol. The first-order valence-electron chi connectivity index (χ1n) is 11.8. The van der Waals surface area contributed by atoms with Gasteiger partial charge in [-0.25, -0.2) is 0 Å². The van der Waals surface area contributed by atoms with Gasteiger partial charge in [-0.1, -0.05) is 79.7 Å². The molecule has 6 heteroatoms. The number of amides is 2. The molecule has 0 aliphatic carbocycles. The van der Waals surface area contributed by atoms with Crippen molar-refractivity contribution in [2.45, 2.75) is 79.1 Å². The SMILES string of the molecule is Cc1ccc(C(C)C)c(OCC(=O)NNC(=O)COc2ccc(C(C)(C)C)cc2C(C)(C)C)c1. The van der Waals surface area contributed by atoms with Gasteiger partial charge in [0, 0.05) is 0 Å². The predicted octanol–water partition coefficient (Wildman–Crippen LogP) is 5.32. The lowest BCUT2D eigenvalue weighted by Gasteiger charge is -2.27. The quantitative estimate of drug-likeness (QED) is 0.539. The van der Waals surface area contributed by atoms with E-state index in [0.717, 1.165) is 16.7 Å². The Morgan fingerprint density at radius 1 is 0.794 bits per heavy atom. The molecule has 0 bridgehead atoms. The van der Waals surface area contributed by atoms with E-state index in [4.69, 9.17) is 9.47 Å². The molecule has 2 aromatic carbocycles. The Labute approximate surface area is 204 Å². The van der Waals surface area contributed by atoms with Gasteiger partial charge < -0.3 is 9.47 Å². The highest BCUT2D eigenvalue weighted by Gasteiger charge is 2.23. The van der Waals surface area contributed by atoms with Crippen LogP contribution in [0, 0.1) is 6.92 Å². The van der Waals surface area contributed by atoms with E-state index in [-0.39, 0.29) is 30.0 Å². The third-order valence-electron chi connectivity index (χ3n) is 5.50. The minimum atomic E-state index is -0.452. The highest BCUT2D eigenvalue weighted by Crippen LogP contribution is 2.35. The normalized spacial score (nSPS) is 11.8. The molecule has 34 heavy (non-hydrogen) atoms. The molecule has 2 rings (SSSR count). The van der Waals surface area contributed by atoms with Crippen LogP contribution in [0.2, 0.25) is 0 Å². The third kappa shape index (κ3) is 7.79. The molecule has 2 aromatic rings. The highest BCUT2D eigenvalue weighted by atomic mass is 16.5. The minimum Gasteiger partial charge on any atom is -0.483 e. The Kier molecular flexibility index (Phi) is 8.76. The Hall–Kier alpha value is -3.02. The number of hydrazine groups is 1. The molecule has 0 saturated carbocycles.